The molecule has 1 aliphatic heterocycles. The van der Waals surface area contributed by atoms with Crippen molar-refractivity contribution in [2.24, 2.45) is 5.73 Å². The molecule has 206 valence electrons. The summed E-state index contributed by atoms with van der Waals surface area (Å²) in [5.41, 5.74) is 8.84. The number of pyridine rings is 1. The van der Waals surface area contributed by atoms with E-state index in [1.807, 2.05) is 4.90 Å². The maximum Gasteiger partial charge on any atom is 0.433 e. The molecule has 0 saturated carbocycles. The van der Waals surface area contributed by atoms with E-state index < -0.39 is 29.5 Å². The van der Waals surface area contributed by atoms with Gasteiger partial charge in [-0.15, -0.1) is 0 Å². The van der Waals surface area contributed by atoms with Crippen molar-refractivity contribution in [1.29, 1.82) is 0 Å². The molecule has 1 aromatic heterocycles. The van der Waals surface area contributed by atoms with Crippen LogP contribution in [-0.4, -0.2) is 34.8 Å². The smallest absolute Gasteiger partial charge is 0.398 e. The highest BCUT2D eigenvalue weighted by atomic mass is 35.5. The molecule has 0 spiro atoms. The van der Waals surface area contributed by atoms with Gasteiger partial charge in [0.1, 0.15) is 5.69 Å². The first-order valence-electron chi connectivity index (χ1n) is 11.2. The molecular formula is C25H25ClF6N4O2. The van der Waals surface area contributed by atoms with E-state index in [1.54, 1.807) is 6.92 Å². The topological polar surface area (TPSA) is 102 Å². The van der Waals surface area contributed by atoms with Gasteiger partial charge in [0.15, 0.2) is 0 Å². The normalized spacial score (nSPS) is 13.6. The van der Waals surface area contributed by atoms with Gasteiger partial charge >= 0.3 is 12.4 Å². The summed E-state index contributed by atoms with van der Waals surface area (Å²) in [6.07, 6.45) is -5.19. The minimum absolute atomic E-state index is 0.0137. The van der Waals surface area contributed by atoms with Gasteiger partial charge in [-0.05, 0) is 67.8 Å². The number of rotatable bonds is 1. The molecule has 13 heteroatoms. The Morgan fingerprint density at radius 3 is 1.92 bits per heavy atom. The third kappa shape index (κ3) is 9.09. The number of fused-ring (bicyclic) bond motifs is 1. The number of primary amides is 1. The van der Waals surface area contributed by atoms with Crippen LogP contribution in [0.5, 0.6) is 0 Å². The highest BCUT2D eigenvalue weighted by Crippen LogP contribution is 2.32. The lowest BCUT2D eigenvalue weighted by Crippen LogP contribution is -2.33. The average molecular weight is 563 g/mol. The molecule has 38 heavy (non-hydrogen) atoms. The maximum atomic E-state index is 12.4. The van der Waals surface area contributed by atoms with Gasteiger partial charge in [-0.2, -0.15) is 26.3 Å². The highest BCUT2D eigenvalue weighted by Gasteiger charge is 2.33. The molecule has 0 atom stereocenters. The molecular weight excluding hydrogens is 538 g/mol. The summed E-state index contributed by atoms with van der Waals surface area (Å²) in [5, 5.41) is 0.821. The van der Waals surface area contributed by atoms with Crippen molar-refractivity contribution < 1.29 is 35.9 Å². The highest BCUT2D eigenvalue weighted by molar-refractivity contribution is 6.31. The summed E-state index contributed by atoms with van der Waals surface area (Å²) in [4.78, 5) is 26.6. The number of aromatic nitrogens is 1. The first-order valence-corrected chi connectivity index (χ1v) is 11.6. The van der Waals surface area contributed by atoms with Gasteiger partial charge in [0.05, 0.1) is 11.1 Å². The zero-order valence-electron chi connectivity index (χ0n) is 20.2. The van der Waals surface area contributed by atoms with E-state index in [2.05, 4.69) is 4.98 Å². The van der Waals surface area contributed by atoms with Crippen LogP contribution < -0.4 is 11.5 Å². The van der Waals surface area contributed by atoms with Crippen LogP contribution in [0.25, 0.3) is 10.9 Å². The fourth-order valence-corrected chi connectivity index (χ4v) is 3.57. The van der Waals surface area contributed by atoms with Crippen molar-refractivity contribution in [3.05, 3.63) is 70.4 Å². The lowest BCUT2D eigenvalue weighted by atomic mass is 10.1. The summed E-state index contributed by atoms with van der Waals surface area (Å²) in [5.74, 6) is -0.511. The minimum Gasteiger partial charge on any atom is -0.398 e. The third-order valence-corrected chi connectivity index (χ3v) is 5.63. The van der Waals surface area contributed by atoms with E-state index in [-0.39, 0.29) is 22.7 Å². The minimum atomic E-state index is -4.50. The number of likely N-dealkylation sites (tertiary alicyclic amines) is 1. The molecule has 3 aromatic rings. The van der Waals surface area contributed by atoms with Crippen LogP contribution in [0, 0.1) is 0 Å². The van der Waals surface area contributed by atoms with E-state index >= 15 is 0 Å². The Morgan fingerprint density at radius 1 is 0.895 bits per heavy atom. The lowest BCUT2D eigenvalue weighted by Gasteiger charge is -2.24. The SMILES string of the molecule is CC(=O)N1CCCCC1.NC(=O)c1ccc(C(F)(F)F)cc1.Nc1cc(C(F)(F)F)nc2ccc(Cl)cc12. The van der Waals surface area contributed by atoms with Gasteiger partial charge in [0, 0.05) is 41.7 Å². The van der Waals surface area contributed by atoms with Crippen LogP contribution >= 0.6 is 11.6 Å². The van der Waals surface area contributed by atoms with Gasteiger partial charge in [-0.1, -0.05) is 11.6 Å². The van der Waals surface area contributed by atoms with Gasteiger partial charge in [-0.3, -0.25) is 9.59 Å². The predicted octanol–water partition coefficient (Wildman–Crippen LogP) is 6.31. The Morgan fingerprint density at radius 2 is 1.47 bits per heavy atom. The number of alkyl halides is 6. The molecule has 1 saturated heterocycles. The van der Waals surface area contributed by atoms with Crippen molar-refractivity contribution in [1.82, 2.24) is 9.88 Å². The molecule has 6 nitrogen and oxygen atoms in total. The van der Waals surface area contributed by atoms with Gasteiger partial charge < -0.3 is 16.4 Å². The molecule has 0 aliphatic carbocycles. The van der Waals surface area contributed by atoms with Gasteiger partial charge in [-0.25, -0.2) is 4.98 Å². The van der Waals surface area contributed by atoms with E-state index in [0.717, 1.165) is 43.4 Å². The van der Waals surface area contributed by atoms with Crippen LogP contribution in [0.2, 0.25) is 5.02 Å². The number of anilines is 1. The van der Waals surface area contributed by atoms with Crippen LogP contribution in [0.4, 0.5) is 32.0 Å². The molecule has 0 unspecified atom stereocenters. The molecule has 0 bridgehead atoms. The van der Waals surface area contributed by atoms with Crippen molar-refractivity contribution in [3.8, 4) is 0 Å². The first kappa shape index (κ1) is 30.7. The standard InChI is InChI=1S/C10H6ClF3N2.C8H6F3NO.C7H13NO/c11-5-1-2-8-6(3-5)7(15)4-9(16-8)10(12,13)14;9-8(10,11)6-3-1-5(2-4-6)7(12)13;1-7(9)8-5-3-2-4-6-8/h1-4H,(H2,15,16);1-4H,(H2,12,13);2-6H2,1H3. The van der Waals surface area contributed by atoms with E-state index in [4.69, 9.17) is 23.1 Å². The zero-order chi connectivity index (χ0) is 28.7. The number of hydrogen-bond donors (Lipinski definition) is 2. The number of nitrogens with two attached hydrogens (primary N) is 2. The summed E-state index contributed by atoms with van der Waals surface area (Å²) in [7, 11) is 0. The van der Waals surface area contributed by atoms with Crippen LogP contribution in [0.15, 0.2) is 48.5 Å². The van der Waals surface area contributed by atoms with Crippen LogP contribution in [0.1, 0.15) is 47.8 Å². The molecule has 0 radical (unpaired) electrons. The second-order valence-electron chi connectivity index (χ2n) is 8.26. The molecule has 1 aliphatic rings. The molecule has 2 amide bonds. The maximum absolute atomic E-state index is 12.4. The summed E-state index contributed by atoms with van der Waals surface area (Å²) in [6, 6.07) is 8.90. The van der Waals surface area contributed by atoms with E-state index in [1.165, 1.54) is 37.5 Å². The van der Waals surface area contributed by atoms with E-state index in [0.29, 0.717) is 10.4 Å². The molecule has 2 heterocycles. The number of carbonyl (C=O) groups excluding carboxylic acids is 2. The largest absolute Gasteiger partial charge is 0.433 e. The third-order valence-electron chi connectivity index (χ3n) is 5.39. The molecule has 2 aromatic carbocycles. The fraction of sp³-hybridized carbons (Fsp3) is 0.320. The number of hydrogen-bond acceptors (Lipinski definition) is 4. The summed E-state index contributed by atoms with van der Waals surface area (Å²) < 4.78 is 73.3. The molecule has 4 rings (SSSR count). The van der Waals surface area contributed by atoms with Crippen molar-refractivity contribution in [2.45, 2.75) is 38.5 Å². The Balaban J connectivity index is 0.000000208. The van der Waals surface area contributed by atoms with E-state index in [9.17, 15) is 35.9 Å². The zero-order valence-corrected chi connectivity index (χ0v) is 20.9. The van der Waals surface area contributed by atoms with Crippen LogP contribution in [0.3, 0.4) is 0 Å². The first-order chi connectivity index (χ1) is 17.6. The summed E-state index contributed by atoms with van der Waals surface area (Å²) in [6.45, 7) is 3.61. The number of halogens is 7. The Hall–Kier alpha value is -3.54. The van der Waals surface area contributed by atoms with Crippen molar-refractivity contribution >= 4 is 40.0 Å². The Bertz CT molecular complexity index is 1260. The Labute approximate surface area is 219 Å². The Kier molecular flexibility index (Phi) is 10.3. The fourth-order valence-electron chi connectivity index (χ4n) is 3.40. The monoisotopic (exact) mass is 562 g/mol. The number of amides is 2. The quantitative estimate of drug-likeness (QED) is 0.339. The summed E-state index contributed by atoms with van der Waals surface area (Å²) >= 11 is 5.71. The number of nitrogens with zero attached hydrogens (tertiary/aromatic N) is 2. The predicted molar refractivity (Wildman–Crippen MR) is 132 cm³/mol. The number of piperidine rings is 1. The lowest BCUT2D eigenvalue weighted by molar-refractivity contribution is -0.141. The second-order valence-corrected chi connectivity index (χ2v) is 8.70. The second kappa shape index (κ2) is 12.8. The van der Waals surface area contributed by atoms with Gasteiger partial charge in [0.2, 0.25) is 11.8 Å². The molecule has 1 fully saturated rings. The molecule has 4 N–H and O–H groups in total. The van der Waals surface area contributed by atoms with Crippen LogP contribution in [-0.2, 0) is 17.1 Å². The van der Waals surface area contributed by atoms with Gasteiger partial charge in [0.25, 0.3) is 0 Å². The number of carbonyl (C=O) groups is 2. The number of nitrogen functional groups attached to an aromatic ring is 1. The van der Waals surface area contributed by atoms with Crippen molar-refractivity contribution in [3.63, 3.8) is 0 Å². The number of benzene rings is 2. The van der Waals surface area contributed by atoms with Crippen molar-refractivity contribution in [2.75, 3.05) is 18.8 Å². The average Bonchev–Trinajstić information content (AvgIpc) is 2.84.